The van der Waals surface area contributed by atoms with Crippen LogP contribution in [0.4, 0.5) is 4.39 Å². The fourth-order valence-corrected chi connectivity index (χ4v) is 2.90. The number of hydrogen-bond donors (Lipinski definition) is 2. The first kappa shape index (κ1) is 17.7. The van der Waals surface area contributed by atoms with E-state index in [0.717, 1.165) is 37.8 Å². The number of ether oxygens (including phenoxy) is 1. The molecule has 1 heterocycles. The zero-order chi connectivity index (χ0) is 16.5. The van der Waals surface area contributed by atoms with Gasteiger partial charge in [-0.15, -0.1) is 0 Å². The smallest absolute Gasteiger partial charge is 0.191 e. The number of hydrogen-bond acceptors (Lipinski definition) is 3. The molecule has 0 saturated carbocycles. The third-order valence-electron chi connectivity index (χ3n) is 4.16. The summed E-state index contributed by atoms with van der Waals surface area (Å²) in [6, 6.07) is 7.11. The van der Waals surface area contributed by atoms with Gasteiger partial charge in [0, 0.05) is 39.8 Å². The van der Waals surface area contributed by atoms with Gasteiger partial charge in [0.25, 0.3) is 0 Å². The topological polar surface area (TPSA) is 48.9 Å². The Labute approximate surface area is 137 Å². The van der Waals surface area contributed by atoms with Crippen molar-refractivity contribution >= 4 is 5.96 Å². The molecule has 5 nitrogen and oxygen atoms in total. The molecule has 1 saturated heterocycles. The van der Waals surface area contributed by atoms with Crippen molar-refractivity contribution in [2.45, 2.75) is 25.4 Å². The Morgan fingerprint density at radius 3 is 3.04 bits per heavy atom. The van der Waals surface area contributed by atoms with Crippen molar-refractivity contribution in [3.05, 3.63) is 35.6 Å². The van der Waals surface area contributed by atoms with E-state index in [1.165, 1.54) is 25.0 Å². The number of rotatable bonds is 7. The lowest BCUT2D eigenvalue weighted by molar-refractivity contribution is 0.141. The van der Waals surface area contributed by atoms with Crippen LogP contribution in [0.25, 0.3) is 0 Å². The fraction of sp³-hybridized carbons (Fsp3) is 0.588. The van der Waals surface area contributed by atoms with E-state index in [1.807, 2.05) is 6.07 Å². The van der Waals surface area contributed by atoms with Gasteiger partial charge in [0.05, 0.1) is 6.61 Å². The van der Waals surface area contributed by atoms with E-state index in [1.54, 1.807) is 20.2 Å². The lowest BCUT2D eigenvalue weighted by Crippen LogP contribution is -2.45. The van der Waals surface area contributed by atoms with Crippen molar-refractivity contribution in [1.29, 1.82) is 0 Å². The maximum Gasteiger partial charge on any atom is 0.191 e. The molecule has 23 heavy (non-hydrogen) atoms. The Hall–Kier alpha value is -1.66. The third-order valence-corrected chi connectivity index (χ3v) is 4.16. The first-order chi connectivity index (χ1) is 11.2. The number of nitrogens with zero attached hydrogens (tertiary/aromatic N) is 2. The molecule has 1 aliphatic rings. The van der Waals surface area contributed by atoms with Crippen LogP contribution in [0.5, 0.6) is 0 Å². The zero-order valence-corrected chi connectivity index (χ0v) is 14.0. The van der Waals surface area contributed by atoms with Crippen LogP contribution in [0.15, 0.2) is 29.3 Å². The molecule has 0 amide bonds. The summed E-state index contributed by atoms with van der Waals surface area (Å²) in [6.45, 7) is 4.27. The highest BCUT2D eigenvalue weighted by Gasteiger charge is 2.23. The van der Waals surface area contributed by atoms with Gasteiger partial charge in [-0.05, 0) is 37.1 Å². The first-order valence-corrected chi connectivity index (χ1v) is 8.15. The minimum absolute atomic E-state index is 0.216. The van der Waals surface area contributed by atoms with Gasteiger partial charge in [0.15, 0.2) is 5.96 Å². The predicted molar refractivity (Wildman–Crippen MR) is 91.1 cm³/mol. The van der Waals surface area contributed by atoms with Crippen LogP contribution in [-0.4, -0.2) is 57.3 Å². The highest BCUT2D eigenvalue weighted by Crippen LogP contribution is 2.15. The monoisotopic (exact) mass is 322 g/mol. The molecule has 1 aromatic carbocycles. The summed E-state index contributed by atoms with van der Waals surface area (Å²) in [6.07, 6.45) is 2.42. The summed E-state index contributed by atoms with van der Waals surface area (Å²) >= 11 is 0. The van der Waals surface area contributed by atoms with Gasteiger partial charge >= 0.3 is 0 Å². The number of nitrogens with one attached hydrogen (secondary N) is 2. The number of likely N-dealkylation sites (tertiary alicyclic amines) is 1. The standard InChI is InChI=1S/C17H27FN4O/c1-19-17(20-12-14-5-3-6-15(18)11-14)21-13-16-7-4-8-22(16)9-10-23-2/h3,5-6,11,16H,4,7-10,12-13H2,1-2H3,(H2,19,20,21). The maximum absolute atomic E-state index is 13.2. The van der Waals surface area contributed by atoms with Crippen LogP contribution < -0.4 is 10.6 Å². The predicted octanol–water partition coefficient (Wildman–Crippen LogP) is 1.60. The zero-order valence-electron chi connectivity index (χ0n) is 14.0. The largest absolute Gasteiger partial charge is 0.383 e. The summed E-state index contributed by atoms with van der Waals surface area (Å²) in [5.41, 5.74) is 0.899. The lowest BCUT2D eigenvalue weighted by atomic mass is 10.2. The van der Waals surface area contributed by atoms with Gasteiger partial charge in [-0.25, -0.2) is 4.39 Å². The van der Waals surface area contributed by atoms with E-state index in [4.69, 9.17) is 4.74 Å². The van der Waals surface area contributed by atoms with Gasteiger partial charge in [-0.2, -0.15) is 0 Å². The molecule has 6 heteroatoms. The second kappa shape index (κ2) is 9.47. The van der Waals surface area contributed by atoms with Crippen LogP contribution in [-0.2, 0) is 11.3 Å². The molecule has 1 atom stereocenters. The highest BCUT2D eigenvalue weighted by atomic mass is 19.1. The van der Waals surface area contributed by atoms with E-state index in [-0.39, 0.29) is 5.82 Å². The molecule has 1 unspecified atom stereocenters. The van der Waals surface area contributed by atoms with Crippen molar-refractivity contribution in [1.82, 2.24) is 15.5 Å². The van der Waals surface area contributed by atoms with Gasteiger partial charge in [0.2, 0.25) is 0 Å². The Kier molecular flexibility index (Phi) is 7.29. The second-order valence-corrected chi connectivity index (χ2v) is 5.76. The molecule has 0 spiro atoms. The van der Waals surface area contributed by atoms with Crippen LogP contribution in [0.3, 0.4) is 0 Å². The average Bonchev–Trinajstić information content (AvgIpc) is 3.00. The number of aliphatic imine (C=N–C) groups is 1. The number of halogens is 1. The van der Waals surface area contributed by atoms with Crippen LogP contribution in [0, 0.1) is 5.82 Å². The molecular formula is C17H27FN4O. The molecule has 2 N–H and O–H groups in total. The number of methoxy groups -OCH3 is 1. The molecule has 128 valence electrons. The number of benzene rings is 1. The van der Waals surface area contributed by atoms with Crippen molar-refractivity contribution in [2.75, 3.05) is 40.4 Å². The molecule has 1 fully saturated rings. The Morgan fingerprint density at radius 1 is 1.43 bits per heavy atom. The Bertz CT molecular complexity index is 509. The summed E-state index contributed by atoms with van der Waals surface area (Å²) in [7, 11) is 3.49. The Morgan fingerprint density at radius 2 is 2.30 bits per heavy atom. The molecule has 0 aromatic heterocycles. The third kappa shape index (κ3) is 5.80. The minimum atomic E-state index is -0.216. The van der Waals surface area contributed by atoms with E-state index in [0.29, 0.717) is 12.6 Å². The van der Waals surface area contributed by atoms with Crippen molar-refractivity contribution < 1.29 is 9.13 Å². The van der Waals surface area contributed by atoms with Crippen LogP contribution in [0.1, 0.15) is 18.4 Å². The van der Waals surface area contributed by atoms with Crippen molar-refractivity contribution in [3.8, 4) is 0 Å². The van der Waals surface area contributed by atoms with E-state index in [9.17, 15) is 4.39 Å². The first-order valence-electron chi connectivity index (χ1n) is 8.15. The van der Waals surface area contributed by atoms with Crippen LogP contribution >= 0.6 is 0 Å². The SMILES string of the molecule is CN=C(NCc1cccc(F)c1)NCC1CCCN1CCOC. The lowest BCUT2D eigenvalue weighted by Gasteiger charge is -2.25. The summed E-state index contributed by atoms with van der Waals surface area (Å²) < 4.78 is 18.3. The molecule has 1 aromatic rings. The molecule has 0 aliphatic carbocycles. The van der Waals surface area contributed by atoms with Gasteiger partial charge in [-0.3, -0.25) is 9.89 Å². The van der Waals surface area contributed by atoms with Gasteiger partial charge in [-0.1, -0.05) is 12.1 Å². The van der Waals surface area contributed by atoms with E-state index in [2.05, 4.69) is 20.5 Å². The summed E-state index contributed by atoms with van der Waals surface area (Å²) in [5, 5.41) is 6.59. The van der Waals surface area contributed by atoms with Crippen molar-refractivity contribution in [2.24, 2.45) is 4.99 Å². The second-order valence-electron chi connectivity index (χ2n) is 5.76. The average molecular weight is 322 g/mol. The van der Waals surface area contributed by atoms with E-state index < -0.39 is 0 Å². The maximum atomic E-state index is 13.2. The summed E-state index contributed by atoms with van der Waals surface area (Å²) in [5.74, 6) is 0.528. The Balaban J connectivity index is 1.76. The van der Waals surface area contributed by atoms with E-state index >= 15 is 0 Å². The minimum Gasteiger partial charge on any atom is -0.383 e. The van der Waals surface area contributed by atoms with Gasteiger partial charge < -0.3 is 15.4 Å². The van der Waals surface area contributed by atoms with Crippen LogP contribution in [0.2, 0.25) is 0 Å². The van der Waals surface area contributed by atoms with Crippen molar-refractivity contribution in [3.63, 3.8) is 0 Å². The normalized spacial score (nSPS) is 19.1. The molecule has 0 bridgehead atoms. The molecule has 2 rings (SSSR count). The van der Waals surface area contributed by atoms with Gasteiger partial charge in [0.1, 0.15) is 5.82 Å². The molecular weight excluding hydrogens is 295 g/mol. The summed E-state index contributed by atoms with van der Waals surface area (Å²) in [4.78, 5) is 6.69. The quantitative estimate of drug-likeness (QED) is 0.591. The highest BCUT2D eigenvalue weighted by molar-refractivity contribution is 5.79. The fourth-order valence-electron chi connectivity index (χ4n) is 2.90. The molecule has 1 aliphatic heterocycles. The molecule has 0 radical (unpaired) electrons. The number of guanidine groups is 1.